The van der Waals surface area contributed by atoms with Crippen molar-refractivity contribution < 1.29 is 19.0 Å². The highest BCUT2D eigenvalue weighted by atomic mass is 35.5. The number of carbonyl (C=O) groups is 1. The first-order valence-electron chi connectivity index (χ1n) is 8.59. The number of thioether (sulfide) groups is 1. The van der Waals surface area contributed by atoms with Crippen molar-refractivity contribution in [2.75, 3.05) is 32.0 Å². The van der Waals surface area contributed by atoms with E-state index in [2.05, 4.69) is 4.99 Å². The van der Waals surface area contributed by atoms with Crippen LogP contribution in [0.25, 0.3) is 0 Å². The fourth-order valence-corrected chi connectivity index (χ4v) is 3.98. The highest BCUT2D eigenvalue weighted by Gasteiger charge is 2.29. The highest BCUT2D eigenvalue weighted by molar-refractivity contribution is 8.14. The summed E-state index contributed by atoms with van der Waals surface area (Å²) < 4.78 is 16.1. The standard InChI is InChI=1S/C20H21ClN2O4S/c1-12-11-28-20(22-12)23(15-7-5-14(21)6-8-15)19(24)13-9-16(25-2)18(27-4)17(10-13)26-3/h5-10,12H,11H2,1-4H3/t12-/m0/s1. The third-order valence-corrected chi connectivity index (χ3v) is 5.62. The number of anilines is 1. The molecule has 1 atom stereocenters. The molecular weight excluding hydrogens is 400 g/mol. The first-order chi connectivity index (χ1) is 13.5. The lowest BCUT2D eigenvalue weighted by Crippen LogP contribution is -2.34. The van der Waals surface area contributed by atoms with E-state index in [0.29, 0.717) is 38.7 Å². The minimum Gasteiger partial charge on any atom is -0.493 e. The maximum absolute atomic E-state index is 13.5. The maximum atomic E-state index is 13.5. The zero-order valence-electron chi connectivity index (χ0n) is 16.1. The van der Waals surface area contributed by atoms with Gasteiger partial charge in [-0.2, -0.15) is 0 Å². The molecule has 0 aliphatic carbocycles. The Morgan fingerprint density at radius 1 is 1.11 bits per heavy atom. The van der Waals surface area contributed by atoms with Gasteiger partial charge in [0.1, 0.15) is 0 Å². The molecule has 1 amide bonds. The van der Waals surface area contributed by atoms with Gasteiger partial charge in [0.05, 0.1) is 33.1 Å². The molecule has 0 fully saturated rings. The number of carbonyl (C=O) groups excluding carboxylic acids is 1. The van der Waals surface area contributed by atoms with Gasteiger partial charge in [-0.3, -0.25) is 14.7 Å². The Labute approximate surface area is 173 Å². The Morgan fingerprint density at radius 2 is 1.71 bits per heavy atom. The van der Waals surface area contributed by atoms with Gasteiger partial charge in [-0.25, -0.2) is 0 Å². The summed E-state index contributed by atoms with van der Waals surface area (Å²) >= 11 is 7.57. The second kappa shape index (κ2) is 8.75. The second-order valence-electron chi connectivity index (χ2n) is 6.10. The average Bonchev–Trinajstić information content (AvgIpc) is 3.13. The second-order valence-corrected chi connectivity index (χ2v) is 7.53. The lowest BCUT2D eigenvalue weighted by molar-refractivity contribution is 0.100. The number of amides is 1. The molecule has 0 saturated heterocycles. The third kappa shape index (κ3) is 4.05. The summed E-state index contributed by atoms with van der Waals surface area (Å²) in [7, 11) is 4.55. The molecule has 0 radical (unpaired) electrons. The Kier molecular flexibility index (Phi) is 6.36. The summed E-state index contributed by atoms with van der Waals surface area (Å²) in [5.41, 5.74) is 1.08. The predicted octanol–water partition coefficient (Wildman–Crippen LogP) is 4.50. The van der Waals surface area contributed by atoms with Crippen LogP contribution in [-0.4, -0.2) is 44.2 Å². The van der Waals surface area contributed by atoms with E-state index in [9.17, 15) is 4.79 Å². The van der Waals surface area contributed by atoms with Crippen LogP contribution in [0.1, 0.15) is 17.3 Å². The monoisotopic (exact) mass is 420 g/mol. The van der Waals surface area contributed by atoms with E-state index in [1.54, 1.807) is 53.1 Å². The van der Waals surface area contributed by atoms with E-state index >= 15 is 0 Å². The third-order valence-electron chi connectivity index (χ3n) is 4.18. The quantitative estimate of drug-likeness (QED) is 0.712. The van der Waals surface area contributed by atoms with Gasteiger partial charge in [0.2, 0.25) is 5.75 Å². The summed E-state index contributed by atoms with van der Waals surface area (Å²) in [6.07, 6.45) is 0. The first-order valence-corrected chi connectivity index (χ1v) is 9.95. The first kappa shape index (κ1) is 20.4. The molecule has 2 aromatic carbocycles. The molecule has 3 rings (SSSR count). The molecule has 1 heterocycles. The molecule has 148 valence electrons. The number of rotatable bonds is 5. The summed E-state index contributed by atoms with van der Waals surface area (Å²) in [5, 5.41) is 1.24. The van der Waals surface area contributed by atoms with E-state index in [0.717, 1.165) is 5.75 Å². The van der Waals surface area contributed by atoms with Gasteiger partial charge in [0, 0.05) is 16.3 Å². The Morgan fingerprint density at radius 3 is 2.18 bits per heavy atom. The van der Waals surface area contributed by atoms with Gasteiger partial charge in [0.25, 0.3) is 5.91 Å². The molecule has 0 saturated carbocycles. The molecule has 0 bridgehead atoms. The predicted molar refractivity (Wildman–Crippen MR) is 114 cm³/mol. The molecule has 6 nitrogen and oxygen atoms in total. The molecule has 0 aromatic heterocycles. The number of hydrogen-bond donors (Lipinski definition) is 0. The number of ether oxygens (including phenoxy) is 3. The summed E-state index contributed by atoms with van der Waals surface area (Å²) in [4.78, 5) is 19.7. The van der Waals surface area contributed by atoms with Crippen LogP contribution in [0, 0.1) is 0 Å². The van der Waals surface area contributed by atoms with Crippen LogP contribution >= 0.6 is 23.4 Å². The number of hydrogen-bond acceptors (Lipinski definition) is 6. The average molecular weight is 421 g/mol. The number of methoxy groups -OCH3 is 3. The minimum absolute atomic E-state index is 0.141. The molecule has 2 aromatic rings. The smallest absolute Gasteiger partial charge is 0.264 e. The molecule has 28 heavy (non-hydrogen) atoms. The zero-order valence-corrected chi connectivity index (χ0v) is 17.6. The van der Waals surface area contributed by atoms with E-state index < -0.39 is 0 Å². The van der Waals surface area contributed by atoms with Crippen molar-refractivity contribution in [1.82, 2.24) is 0 Å². The van der Waals surface area contributed by atoms with Crippen LogP contribution in [0.4, 0.5) is 5.69 Å². The Bertz CT molecular complexity index is 877. The summed E-state index contributed by atoms with van der Waals surface area (Å²) in [6, 6.07) is 10.5. The Balaban J connectivity index is 2.09. The molecule has 8 heteroatoms. The number of amidine groups is 1. The fraction of sp³-hybridized carbons (Fsp3) is 0.300. The molecule has 0 N–H and O–H groups in total. The van der Waals surface area contributed by atoms with Gasteiger partial charge >= 0.3 is 0 Å². The summed E-state index contributed by atoms with van der Waals surface area (Å²) in [5.74, 6) is 1.83. The number of benzene rings is 2. The van der Waals surface area contributed by atoms with Crippen LogP contribution in [0.3, 0.4) is 0 Å². The molecule has 0 spiro atoms. The van der Waals surface area contributed by atoms with Crippen molar-refractivity contribution in [2.45, 2.75) is 13.0 Å². The van der Waals surface area contributed by atoms with Gasteiger partial charge in [0.15, 0.2) is 16.7 Å². The largest absolute Gasteiger partial charge is 0.493 e. The van der Waals surface area contributed by atoms with Crippen molar-refractivity contribution in [1.29, 1.82) is 0 Å². The molecular formula is C20H21ClN2O4S. The SMILES string of the molecule is COc1cc(C(=O)N(C2=N[C@@H](C)CS2)c2ccc(Cl)cc2)cc(OC)c1OC. The topological polar surface area (TPSA) is 60.4 Å². The van der Waals surface area contributed by atoms with Crippen LogP contribution < -0.4 is 19.1 Å². The maximum Gasteiger partial charge on any atom is 0.264 e. The lowest BCUT2D eigenvalue weighted by Gasteiger charge is -2.23. The van der Waals surface area contributed by atoms with Gasteiger partial charge in [-0.1, -0.05) is 23.4 Å². The van der Waals surface area contributed by atoms with E-state index in [1.807, 2.05) is 6.92 Å². The number of nitrogens with zero attached hydrogens (tertiary/aromatic N) is 2. The summed E-state index contributed by atoms with van der Waals surface area (Å²) in [6.45, 7) is 2.02. The minimum atomic E-state index is -0.248. The van der Waals surface area contributed by atoms with Crippen molar-refractivity contribution >= 4 is 40.1 Å². The van der Waals surface area contributed by atoms with Gasteiger partial charge in [-0.05, 0) is 43.3 Å². The number of halogens is 1. The Hall–Kier alpha value is -2.38. The van der Waals surface area contributed by atoms with Crippen molar-refractivity contribution in [3.8, 4) is 17.2 Å². The lowest BCUT2D eigenvalue weighted by atomic mass is 10.1. The van der Waals surface area contributed by atoms with Crippen LogP contribution in [0.5, 0.6) is 17.2 Å². The van der Waals surface area contributed by atoms with Crippen LogP contribution in [-0.2, 0) is 0 Å². The van der Waals surface area contributed by atoms with Gasteiger partial charge in [-0.15, -0.1) is 0 Å². The van der Waals surface area contributed by atoms with Gasteiger partial charge < -0.3 is 14.2 Å². The molecule has 1 aliphatic rings. The number of aliphatic imine (C=N–C) groups is 1. The van der Waals surface area contributed by atoms with E-state index in [4.69, 9.17) is 25.8 Å². The van der Waals surface area contributed by atoms with E-state index in [-0.39, 0.29) is 11.9 Å². The highest BCUT2D eigenvalue weighted by Crippen LogP contribution is 2.39. The van der Waals surface area contributed by atoms with Crippen LogP contribution in [0.15, 0.2) is 41.4 Å². The fourth-order valence-electron chi connectivity index (χ4n) is 2.82. The zero-order chi connectivity index (χ0) is 20.3. The van der Waals surface area contributed by atoms with E-state index in [1.165, 1.54) is 21.3 Å². The molecule has 0 unspecified atom stereocenters. The van der Waals surface area contributed by atoms with Crippen molar-refractivity contribution in [3.05, 3.63) is 47.0 Å². The van der Waals surface area contributed by atoms with Crippen molar-refractivity contribution in [2.24, 2.45) is 4.99 Å². The molecule has 1 aliphatic heterocycles. The van der Waals surface area contributed by atoms with Crippen LogP contribution in [0.2, 0.25) is 5.02 Å². The normalized spacial score (nSPS) is 15.8. The van der Waals surface area contributed by atoms with Crippen molar-refractivity contribution in [3.63, 3.8) is 0 Å².